The monoisotopic (exact) mass is 222 g/mol. The molecule has 0 aromatic heterocycles. The van der Waals surface area contributed by atoms with Crippen molar-refractivity contribution in [2.24, 2.45) is 0 Å². The van der Waals surface area contributed by atoms with Crippen molar-refractivity contribution in [2.75, 3.05) is 0 Å². The molecule has 0 aromatic carbocycles. The van der Waals surface area contributed by atoms with Gasteiger partial charge < -0.3 is 4.74 Å². The third kappa shape index (κ3) is 1.07. The molecule has 1 saturated carbocycles. The van der Waals surface area contributed by atoms with Crippen molar-refractivity contribution in [3.8, 4) is 0 Å². The molecule has 0 spiro atoms. The molecule has 0 aliphatic heterocycles. The summed E-state index contributed by atoms with van der Waals surface area (Å²) in [4.78, 5) is 0. The van der Waals surface area contributed by atoms with Crippen molar-refractivity contribution in [1.82, 2.24) is 0 Å². The maximum atomic E-state index is 13.0. The fourth-order valence-electron chi connectivity index (χ4n) is 1.18. The van der Waals surface area contributed by atoms with Gasteiger partial charge in [0.15, 0.2) is 0 Å². The van der Waals surface area contributed by atoms with Gasteiger partial charge in [-0.1, -0.05) is 0 Å². The van der Waals surface area contributed by atoms with Gasteiger partial charge in [-0.15, -0.1) is 0 Å². The van der Waals surface area contributed by atoms with Gasteiger partial charge in [0.05, 0.1) is 6.10 Å². The van der Waals surface area contributed by atoms with E-state index in [-0.39, 0.29) is 0 Å². The molecule has 84 valence electrons. The molecule has 0 radical (unpaired) electrons. The Morgan fingerprint density at radius 3 is 1.79 bits per heavy atom. The summed E-state index contributed by atoms with van der Waals surface area (Å²) in [5.41, 5.74) is 0. The standard InChI is InChI=1S/C7H8F6O/c1-3(2)14-6(11)4(8)5(9,10)7(6,12)13/h3-4H,1-2H3. The Morgan fingerprint density at radius 1 is 1.07 bits per heavy atom. The van der Waals surface area contributed by atoms with Crippen molar-refractivity contribution in [3.05, 3.63) is 0 Å². The molecular weight excluding hydrogens is 214 g/mol. The van der Waals surface area contributed by atoms with E-state index < -0.39 is 30.0 Å². The van der Waals surface area contributed by atoms with E-state index in [1.807, 2.05) is 0 Å². The van der Waals surface area contributed by atoms with Gasteiger partial charge in [0, 0.05) is 0 Å². The lowest BCUT2D eigenvalue weighted by atomic mass is 9.80. The van der Waals surface area contributed by atoms with Crippen LogP contribution in [-0.2, 0) is 4.74 Å². The van der Waals surface area contributed by atoms with Crippen molar-refractivity contribution in [1.29, 1.82) is 0 Å². The lowest BCUT2D eigenvalue weighted by Crippen LogP contribution is -2.79. The van der Waals surface area contributed by atoms with Crippen LogP contribution in [0.15, 0.2) is 0 Å². The summed E-state index contributed by atoms with van der Waals surface area (Å²) in [5, 5.41) is 0. The van der Waals surface area contributed by atoms with Gasteiger partial charge in [-0.25, -0.2) is 8.78 Å². The molecule has 1 fully saturated rings. The van der Waals surface area contributed by atoms with Crippen LogP contribution in [0, 0.1) is 0 Å². The van der Waals surface area contributed by atoms with Crippen LogP contribution in [-0.4, -0.2) is 30.0 Å². The van der Waals surface area contributed by atoms with E-state index in [4.69, 9.17) is 0 Å². The highest BCUT2D eigenvalue weighted by atomic mass is 19.3. The van der Waals surface area contributed by atoms with Crippen LogP contribution in [0.2, 0.25) is 0 Å². The zero-order valence-corrected chi connectivity index (χ0v) is 7.33. The van der Waals surface area contributed by atoms with Gasteiger partial charge in [0.25, 0.3) is 0 Å². The van der Waals surface area contributed by atoms with Crippen LogP contribution in [0.25, 0.3) is 0 Å². The Labute approximate surface area is 76.0 Å². The number of halogens is 6. The highest BCUT2D eigenvalue weighted by Crippen LogP contribution is 2.62. The first-order valence-corrected chi connectivity index (χ1v) is 3.84. The van der Waals surface area contributed by atoms with Crippen LogP contribution in [0.3, 0.4) is 0 Å². The Kier molecular flexibility index (Phi) is 2.30. The molecule has 1 nitrogen and oxygen atoms in total. The number of alkyl halides is 6. The van der Waals surface area contributed by atoms with E-state index in [2.05, 4.69) is 4.74 Å². The highest BCUT2D eigenvalue weighted by molar-refractivity contribution is 5.18. The second kappa shape index (κ2) is 2.77. The smallest absolute Gasteiger partial charge is 0.336 e. The first-order chi connectivity index (χ1) is 6.07. The van der Waals surface area contributed by atoms with Gasteiger partial charge in [0.1, 0.15) is 0 Å². The normalized spacial score (nSPS) is 39.6. The lowest BCUT2D eigenvalue weighted by Gasteiger charge is -2.50. The Bertz CT molecular complexity index is 240. The summed E-state index contributed by atoms with van der Waals surface area (Å²) in [6, 6.07) is 0. The maximum absolute atomic E-state index is 13.0. The largest absolute Gasteiger partial charge is 0.373 e. The third-order valence-electron chi connectivity index (χ3n) is 1.90. The molecule has 2 unspecified atom stereocenters. The fourth-order valence-corrected chi connectivity index (χ4v) is 1.18. The van der Waals surface area contributed by atoms with Crippen LogP contribution in [0.4, 0.5) is 26.3 Å². The average Bonchev–Trinajstić information content (AvgIpc) is 2.00. The summed E-state index contributed by atoms with van der Waals surface area (Å²) in [5.74, 6) is -14.3. The van der Waals surface area contributed by atoms with Crippen molar-refractivity contribution in [3.63, 3.8) is 0 Å². The molecule has 1 rings (SSSR count). The summed E-state index contributed by atoms with van der Waals surface area (Å²) >= 11 is 0. The molecule has 0 aromatic rings. The van der Waals surface area contributed by atoms with Gasteiger partial charge in [-0.05, 0) is 13.8 Å². The van der Waals surface area contributed by atoms with E-state index in [0.29, 0.717) is 0 Å². The van der Waals surface area contributed by atoms with Crippen molar-refractivity contribution in [2.45, 2.75) is 43.8 Å². The third-order valence-corrected chi connectivity index (χ3v) is 1.90. The topological polar surface area (TPSA) is 9.23 Å². The lowest BCUT2D eigenvalue weighted by molar-refractivity contribution is -0.469. The van der Waals surface area contributed by atoms with E-state index in [1.165, 1.54) is 0 Å². The van der Waals surface area contributed by atoms with Gasteiger partial charge in [0.2, 0.25) is 6.17 Å². The summed E-state index contributed by atoms with van der Waals surface area (Å²) in [6.45, 7) is 2.28. The van der Waals surface area contributed by atoms with E-state index in [1.54, 1.807) is 0 Å². The first-order valence-electron chi connectivity index (χ1n) is 3.84. The van der Waals surface area contributed by atoms with Gasteiger partial charge in [-0.3, -0.25) is 0 Å². The Morgan fingerprint density at radius 2 is 1.50 bits per heavy atom. The molecule has 0 saturated heterocycles. The second-order valence-corrected chi connectivity index (χ2v) is 3.37. The number of ether oxygens (including phenoxy) is 1. The van der Waals surface area contributed by atoms with E-state index >= 15 is 0 Å². The van der Waals surface area contributed by atoms with E-state index in [9.17, 15) is 26.3 Å². The number of hydrogen-bond donors (Lipinski definition) is 0. The minimum Gasteiger partial charge on any atom is -0.336 e. The molecule has 2 atom stereocenters. The quantitative estimate of drug-likeness (QED) is 0.652. The Balaban J connectivity index is 2.93. The minimum absolute atomic E-state index is 1.11. The number of hydrogen-bond acceptors (Lipinski definition) is 1. The molecule has 0 heterocycles. The second-order valence-electron chi connectivity index (χ2n) is 3.37. The molecule has 0 N–H and O–H groups in total. The molecule has 14 heavy (non-hydrogen) atoms. The SMILES string of the molecule is CC(C)OC1(F)C(F)C(F)(F)C1(F)F. The van der Waals surface area contributed by atoms with Crippen LogP contribution in [0.1, 0.15) is 13.8 Å². The summed E-state index contributed by atoms with van der Waals surface area (Å²) in [6.07, 6.45) is -4.74. The molecule has 0 amide bonds. The highest BCUT2D eigenvalue weighted by Gasteiger charge is 2.91. The molecular formula is C7H8F6O. The minimum atomic E-state index is -5.12. The molecule has 1 aliphatic rings. The molecule has 7 heteroatoms. The average molecular weight is 222 g/mol. The van der Waals surface area contributed by atoms with Crippen LogP contribution >= 0.6 is 0 Å². The summed E-state index contributed by atoms with van der Waals surface area (Å²) < 4.78 is 78.7. The van der Waals surface area contributed by atoms with Crippen molar-refractivity contribution >= 4 is 0 Å². The Hall–Kier alpha value is -0.460. The fraction of sp³-hybridized carbons (Fsp3) is 1.00. The van der Waals surface area contributed by atoms with E-state index in [0.717, 1.165) is 13.8 Å². The zero-order chi connectivity index (χ0) is 11.4. The summed E-state index contributed by atoms with van der Waals surface area (Å²) in [7, 11) is 0. The van der Waals surface area contributed by atoms with Crippen LogP contribution in [0.5, 0.6) is 0 Å². The zero-order valence-electron chi connectivity index (χ0n) is 7.33. The molecule has 0 bridgehead atoms. The van der Waals surface area contributed by atoms with Crippen LogP contribution < -0.4 is 0 Å². The first kappa shape index (κ1) is 11.6. The maximum Gasteiger partial charge on any atom is 0.373 e. The van der Waals surface area contributed by atoms with Gasteiger partial charge in [-0.2, -0.15) is 17.6 Å². The van der Waals surface area contributed by atoms with Crippen molar-refractivity contribution < 1.29 is 31.1 Å². The predicted molar refractivity (Wildman–Crippen MR) is 34.9 cm³/mol. The number of rotatable bonds is 2. The molecule has 1 aliphatic carbocycles. The predicted octanol–water partition coefficient (Wildman–Crippen LogP) is 2.70. The van der Waals surface area contributed by atoms with Gasteiger partial charge >= 0.3 is 17.7 Å².